The Bertz CT molecular complexity index is 1300. The molecule has 0 aromatic heterocycles. The fraction of sp³-hybridized carbons (Fsp3) is 0.545. The van der Waals surface area contributed by atoms with Crippen LogP contribution in [0.1, 0.15) is 76.2 Å². The molecule has 14 nitrogen and oxygen atoms in total. The first kappa shape index (κ1) is 36.7. The van der Waals surface area contributed by atoms with Crippen molar-refractivity contribution in [2.24, 2.45) is 17.4 Å². The van der Waals surface area contributed by atoms with Crippen molar-refractivity contribution in [3.05, 3.63) is 48.0 Å². The van der Waals surface area contributed by atoms with Crippen molar-refractivity contribution in [3.8, 4) is 0 Å². The SMILES string of the molecule is NC(=O)CC[C@@H]1NC(=O)/C=C/C(=O)N[C@H](C(N)=O)CCCCNC(=O)C(Cc2ccccc2)NC(=O)[C@H](CC2CCCCC2)NC1=O. The second kappa shape index (κ2) is 19.0. The van der Waals surface area contributed by atoms with E-state index in [4.69, 9.17) is 11.5 Å². The van der Waals surface area contributed by atoms with Gasteiger partial charge >= 0.3 is 0 Å². The van der Waals surface area contributed by atoms with Crippen molar-refractivity contribution < 1.29 is 33.6 Å². The van der Waals surface area contributed by atoms with Crippen molar-refractivity contribution in [1.82, 2.24) is 26.6 Å². The zero-order valence-electron chi connectivity index (χ0n) is 26.6. The topological polar surface area (TPSA) is 232 Å². The van der Waals surface area contributed by atoms with Gasteiger partial charge < -0.3 is 38.1 Å². The number of carbonyl (C=O) groups is 7. The number of nitrogens with two attached hydrogens (primary N) is 2. The number of carbonyl (C=O) groups excluding carboxylic acids is 7. The van der Waals surface area contributed by atoms with E-state index in [1.54, 1.807) is 0 Å². The van der Waals surface area contributed by atoms with E-state index < -0.39 is 65.5 Å². The minimum absolute atomic E-state index is 0.159. The van der Waals surface area contributed by atoms with Crippen LogP contribution in [0.5, 0.6) is 0 Å². The van der Waals surface area contributed by atoms with E-state index in [9.17, 15) is 33.6 Å². The largest absolute Gasteiger partial charge is 0.370 e. The lowest BCUT2D eigenvalue weighted by Gasteiger charge is -2.29. The molecule has 1 aliphatic carbocycles. The van der Waals surface area contributed by atoms with Gasteiger partial charge in [-0.3, -0.25) is 33.6 Å². The van der Waals surface area contributed by atoms with Crippen molar-refractivity contribution in [2.75, 3.05) is 6.54 Å². The van der Waals surface area contributed by atoms with Crippen molar-refractivity contribution >= 4 is 41.4 Å². The third-order valence-electron chi connectivity index (χ3n) is 8.42. The van der Waals surface area contributed by atoms with Crippen LogP contribution in [0.2, 0.25) is 0 Å². The molecule has 1 aromatic rings. The third-order valence-corrected chi connectivity index (χ3v) is 8.42. The highest BCUT2D eigenvalue weighted by molar-refractivity contribution is 6.00. The summed E-state index contributed by atoms with van der Waals surface area (Å²) in [5, 5.41) is 13.4. The molecule has 47 heavy (non-hydrogen) atoms. The van der Waals surface area contributed by atoms with E-state index in [1.165, 1.54) is 0 Å². The number of hydrogen-bond acceptors (Lipinski definition) is 7. The van der Waals surface area contributed by atoms with Gasteiger partial charge in [0.2, 0.25) is 41.4 Å². The van der Waals surface area contributed by atoms with Crippen LogP contribution in [-0.2, 0) is 40.0 Å². The molecule has 9 N–H and O–H groups in total. The monoisotopic (exact) mass is 653 g/mol. The Balaban J connectivity index is 1.92. The van der Waals surface area contributed by atoms with E-state index in [2.05, 4.69) is 26.6 Å². The molecule has 3 rings (SSSR count). The fourth-order valence-electron chi connectivity index (χ4n) is 5.83. The zero-order valence-corrected chi connectivity index (χ0v) is 26.6. The molecule has 4 atom stereocenters. The predicted octanol–water partition coefficient (Wildman–Crippen LogP) is -0.254. The number of rotatable bonds is 8. The minimum atomic E-state index is -1.27. The van der Waals surface area contributed by atoms with Crippen molar-refractivity contribution in [1.29, 1.82) is 0 Å². The first-order valence-corrected chi connectivity index (χ1v) is 16.3. The molecule has 0 saturated heterocycles. The van der Waals surface area contributed by atoms with E-state index in [1.807, 2.05) is 30.3 Å². The van der Waals surface area contributed by atoms with E-state index in [-0.39, 0.29) is 38.1 Å². The molecule has 1 aliphatic heterocycles. The van der Waals surface area contributed by atoms with Crippen LogP contribution in [0.3, 0.4) is 0 Å². The summed E-state index contributed by atoms with van der Waals surface area (Å²) in [5.74, 6) is -4.56. The molecule has 0 bridgehead atoms. The molecule has 7 amide bonds. The van der Waals surface area contributed by atoms with E-state index in [0.717, 1.165) is 49.8 Å². The van der Waals surface area contributed by atoms with Crippen LogP contribution < -0.4 is 38.1 Å². The average Bonchev–Trinajstić information content (AvgIpc) is 3.04. The third kappa shape index (κ3) is 13.3. The Hall–Kier alpha value is -4.75. The number of nitrogens with one attached hydrogen (secondary N) is 5. The molecule has 14 heteroatoms. The predicted molar refractivity (Wildman–Crippen MR) is 173 cm³/mol. The van der Waals surface area contributed by atoms with Gasteiger partial charge in [0, 0.05) is 31.5 Å². The first-order valence-electron chi connectivity index (χ1n) is 16.3. The smallest absolute Gasteiger partial charge is 0.244 e. The molecule has 0 spiro atoms. The summed E-state index contributed by atoms with van der Waals surface area (Å²) >= 11 is 0. The molecule has 1 fully saturated rings. The Kier molecular flexibility index (Phi) is 14.9. The zero-order chi connectivity index (χ0) is 34.2. The maximum absolute atomic E-state index is 13.9. The highest BCUT2D eigenvalue weighted by Crippen LogP contribution is 2.27. The van der Waals surface area contributed by atoms with Gasteiger partial charge in [0.1, 0.15) is 24.2 Å². The average molecular weight is 654 g/mol. The lowest BCUT2D eigenvalue weighted by molar-refractivity contribution is -0.134. The number of primary amides is 2. The first-order chi connectivity index (χ1) is 22.5. The Morgan fingerprint density at radius 3 is 1.96 bits per heavy atom. The highest BCUT2D eigenvalue weighted by atomic mass is 16.2. The number of benzene rings is 1. The number of hydrogen-bond donors (Lipinski definition) is 7. The van der Waals surface area contributed by atoms with Crippen molar-refractivity contribution in [3.63, 3.8) is 0 Å². The van der Waals surface area contributed by atoms with Gasteiger partial charge in [-0.15, -0.1) is 0 Å². The number of amides is 7. The lowest BCUT2D eigenvalue weighted by atomic mass is 9.84. The Labute approximate surface area is 274 Å². The molecular weight excluding hydrogens is 606 g/mol. The summed E-state index contributed by atoms with van der Waals surface area (Å²) in [6.45, 7) is 0.239. The maximum Gasteiger partial charge on any atom is 0.244 e. The summed E-state index contributed by atoms with van der Waals surface area (Å²) < 4.78 is 0. The van der Waals surface area contributed by atoms with Crippen LogP contribution in [0.25, 0.3) is 0 Å². The summed E-state index contributed by atoms with van der Waals surface area (Å²) in [4.78, 5) is 89.5. The molecule has 2 aliphatic rings. The normalized spacial score (nSPS) is 25.2. The lowest BCUT2D eigenvalue weighted by Crippen LogP contribution is -2.57. The summed E-state index contributed by atoms with van der Waals surface area (Å²) in [7, 11) is 0. The van der Waals surface area contributed by atoms with Crippen LogP contribution in [-0.4, -0.2) is 72.1 Å². The van der Waals surface area contributed by atoms with Crippen LogP contribution in [0, 0.1) is 5.92 Å². The van der Waals surface area contributed by atoms with Gasteiger partial charge in [-0.2, -0.15) is 0 Å². The van der Waals surface area contributed by atoms with Crippen LogP contribution in [0.15, 0.2) is 42.5 Å². The van der Waals surface area contributed by atoms with Crippen LogP contribution >= 0.6 is 0 Å². The van der Waals surface area contributed by atoms with Gasteiger partial charge in [-0.1, -0.05) is 62.4 Å². The maximum atomic E-state index is 13.9. The van der Waals surface area contributed by atoms with Gasteiger partial charge in [0.15, 0.2) is 0 Å². The van der Waals surface area contributed by atoms with Gasteiger partial charge in [-0.05, 0) is 43.6 Å². The Morgan fingerprint density at radius 2 is 1.30 bits per heavy atom. The quantitative estimate of drug-likeness (QED) is 0.199. The molecule has 0 radical (unpaired) electrons. The summed E-state index contributed by atoms with van der Waals surface area (Å²) in [6.07, 6.45) is 7.89. The molecule has 1 heterocycles. The standard InChI is InChI=1S/C33H47N7O7/c34-27(41)15-14-24-32(46)40-26(20-22-11-5-2-6-12-22)33(47)39-25(19-21-9-3-1-4-10-21)31(45)36-18-8-7-13-23(30(35)44)37-28(42)16-17-29(43)38-24/h1,3-4,9-10,16-17,22-26H,2,5-8,11-15,18-20H2,(H2,34,41)(H2,35,44)(H,36,45)(H,37,42)(H,38,43)(H,39,47)(H,40,46)/b17-16+/t23-,24-,25?,26-/m0/s1. The highest BCUT2D eigenvalue weighted by Gasteiger charge is 2.32. The second-order valence-corrected chi connectivity index (χ2v) is 12.2. The van der Waals surface area contributed by atoms with Gasteiger partial charge in [0.05, 0.1) is 0 Å². The molecule has 1 unspecified atom stereocenters. The molecule has 1 aromatic carbocycles. The van der Waals surface area contributed by atoms with Crippen molar-refractivity contribution in [2.45, 2.75) is 101 Å². The van der Waals surface area contributed by atoms with E-state index in [0.29, 0.717) is 19.3 Å². The summed E-state index contributed by atoms with van der Waals surface area (Å²) in [5.41, 5.74) is 11.6. The van der Waals surface area contributed by atoms with Crippen LogP contribution in [0.4, 0.5) is 0 Å². The fourth-order valence-corrected chi connectivity index (χ4v) is 5.83. The van der Waals surface area contributed by atoms with Gasteiger partial charge in [0.25, 0.3) is 0 Å². The molecule has 256 valence electrons. The summed E-state index contributed by atoms with van der Waals surface area (Å²) in [6, 6.07) is 4.92. The van der Waals surface area contributed by atoms with Gasteiger partial charge in [-0.25, -0.2) is 0 Å². The van der Waals surface area contributed by atoms with E-state index >= 15 is 0 Å². The Morgan fingerprint density at radius 1 is 0.681 bits per heavy atom. The minimum Gasteiger partial charge on any atom is -0.370 e. The second-order valence-electron chi connectivity index (χ2n) is 12.2. The molecule has 1 saturated carbocycles. The molecular formula is C33H47N7O7.